The Labute approximate surface area is 137 Å². The highest BCUT2D eigenvalue weighted by molar-refractivity contribution is 7.89. The van der Waals surface area contributed by atoms with E-state index in [-0.39, 0.29) is 11.4 Å². The molecule has 0 unspecified atom stereocenters. The molecule has 0 bridgehead atoms. The molecule has 2 aliphatic rings. The molecule has 1 aromatic heterocycles. The summed E-state index contributed by atoms with van der Waals surface area (Å²) < 4.78 is 26.6. The zero-order chi connectivity index (χ0) is 16.5. The summed E-state index contributed by atoms with van der Waals surface area (Å²) >= 11 is 0. The lowest BCUT2D eigenvalue weighted by atomic mass is 10.0. The van der Waals surface area contributed by atoms with Crippen LogP contribution in [-0.2, 0) is 10.0 Å². The van der Waals surface area contributed by atoms with E-state index in [1.54, 1.807) is 18.3 Å². The van der Waals surface area contributed by atoms with Gasteiger partial charge in [0.25, 0.3) is 0 Å². The summed E-state index contributed by atoms with van der Waals surface area (Å²) in [7, 11) is -1.49. The van der Waals surface area contributed by atoms with Crippen molar-refractivity contribution in [1.82, 2.24) is 19.1 Å². The average molecular weight is 340 g/mol. The SMILES string of the molecule is CN1CCN(C[C@]2(O)CCN(S(=O)(=O)c3cccnc3)C2)CC1. The summed E-state index contributed by atoms with van der Waals surface area (Å²) in [6, 6.07) is 3.15. The largest absolute Gasteiger partial charge is 0.387 e. The topological polar surface area (TPSA) is 77.0 Å². The molecule has 0 amide bonds. The first-order valence-electron chi connectivity index (χ1n) is 7.93. The molecule has 0 aromatic carbocycles. The second-order valence-corrected chi connectivity index (χ2v) is 8.52. The molecule has 3 heterocycles. The van der Waals surface area contributed by atoms with E-state index < -0.39 is 15.6 Å². The first kappa shape index (κ1) is 16.8. The van der Waals surface area contributed by atoms with Crippen molar-refractivity contribution in [3.8, 4) is 0 Å². The molecule has 2 aliphatic heterocycles. The zero-order valence-corrected chi connectivity index (χ0v) is 14.2. The maximum Gasteiger partial charge on any atom is 0.244 e. The third-order valence-electron chi connectivity index (χ3n) is 4.68. The second-order valence-electron chi connectivity index (χ2n) is 6.58. The van der Waals surface area contributed by atoms with Gasteiger partial charge in [-0.05, 0) is 25.6 Å². The molecule has 23 heavy (non-hydrogen) atoms. The predicted octanol–water partition coefficient (Wildman–Crippen LogP) is -0.545. The standard InChI is InChI=1S/C15H24N4O3S/c1-17-7-9-18(10-8-17)12-15(20)4-6-19(13-15)23(21,22)14-3-2-5-16-11-14/h2-3,5,11,20H,4,6-10,12-13H2,1H3/t15-/m1/s1. The second kappa shape index (κ2) is 6.45. The number of likely N-dealkylation sites (N-methyl/N-ethyl adjacent to an activating group) is 1. The summed E-state index contributed by atoms with van der Waals surface area (Å²) in [6.07, 6.45) is 3.37. The van der Waals surface area contributed by atoms with E-state index in [1.165, 1.54) is 10.5 Å². The number of sulfonamides is 1. The fourth-order valence-electron chi connectivity index (χ4n) is 3.22. The molecule has 8 heteroatoms. The number of piperazine rings is 1. The fraction of sp³-hybridized carbons (Fsp3) is 0.667. The highest BCUT2D eigenvalue weighted by atomic mass is 32.2. The molecular formula is C15H24N4O3S. The van der Waals surface area contributed by atoms with Gasteiger partial charge in [0.1, 0.15) is 4.90 Å². The number of β-amino-alcohol motifs (C(OH)–C–C–N with tert-alkyl or cyclic N) is 1. The van der Waals surface area contributed by atoms with E-state index in [0.29, 0.717) is 19.5 Å². The van der Waals surface area contributed by atoms with Crippen molar-refractivity contribution in [3.63, 3.8) is 0 Å². The zero-order valence-electron chi connectivity index (χ0n) is 13.4. The van der Waals surface area contributed by atoms with Gasteiger partial charge in [-0.15, -0.1) is 0 Å². The van der Waals surface area contributed by atoms with Crippen LogP contribution in [0.2, 0.25) is 0 Å². The van der Waals surface area contributed by atoms with E-state index in [0.717, 1.165) is 26.2 Å². The number of aliphatic hydroxyl groups is 1. The lowest BCUT2D eigenvalue weighted by molar-refractivity contribution is 0.00424. The highest BCUT2D eigenvalue weighted by Crippen LogP contribution is 2.28. The lowest BCUT2D eigenvalue weighted by Crippen LogP contribution is -2.52. The molecule has 128 valence electrons. The summed E-state index contributed by atoms with van der Waals surface area (Å²) in [5, 5.41) is 10.8. The number of hydrogen-bond donors (Lipinski definition) is 1. The first-order valence-corrected chi connectivity index (χ1v) is 9.37. The van der Waals surface area contributed by atoms with Gasteiger partial charge in [0.2, 0.25) is 10.0 Å². The molecule has 1 aromatic rings. The van der Waals surface area contributed by atoms with Gasteiger partial charge in [-0.25, -0.2) is 8.42 Å². The smallest absolute Gasteiger partial charge is 0.244 e. The molecule has 0 spiro atoms. The lowest BCUT2D eigenvalue weighted by Gasteiger charge is -2.36. The summed E-state index contributed by atoms with van der Waals surface area (Å²) in [4.78, 5) is 8.54. The van der Waals surface area contributed by atoms with Gasteiger partial charge in [-0.3, -0.25) is 9.88 Å². The average Bonchev–Trinajstić information content (AvgIpc) is 2.93. The van der Waals surface area contributed by atoms with Gasteiger partial charge in [-0.2, -0.15) is 4.31 Å². The summed E-state index contributed by atoms with van der Waals surface area (Å²) in [5.74, 6) is 0. The number of hydrogen-bond acceptors (Lipinski definition) is 6. The Bertz CT molecular complexity index is 631. The molecule has 3 rings (SSSR count). The molecule has 0 saturated carbocycles. The van der Waals surface area contributed by atoms with E-state index >= 15 is 0 Å². The van der Waals surface area contributed by atoms with Crippen molar-refractivity contribution < 1.29 is 13.5 Å². The monoisotopic (exact) mass is 340 g/mol. The maximum atomic E-state index is 12.6. The molecule has 1 atom stereocenters. The van der Waals surface area contributed by atoms with Crippen LogP contribution in [0.4, 0.5) is 0 Å². The Morgan fingerprint density at radius 3 is 2.65 bits per heavy atom. The van der Waals surface area contributed by atoms with E-state index in [4.69, 9.17) is 0 Å². The van der Waals surface area contributed by atoms with E-state index in [1.807, 2.05) is 0 Å². The maximum absolute atomic E-state index is 12.6. The Hall–Kier alpha value is -1.06. The van der Waals surface area contributed by atoms with Crippen molar-refractivity contribution in [2.75, 3.05) is 52.9 Å². The predicted molar refractivity (Wildman–Crippen MR) is 86.5 cm³/mol. The van der Waals surface area contributed by atoms with Crippen LogP contribution in [-0.4, -0.2) is 91.1 Å². The van der Waals surface area contributed by atoms with Gasteiger partial charge in [-0.1, -0.05) is 0 Å². The Kier molecular flexibility index (Phi) is 4.70. The molecule has 0 radical (unpaired) electrons. The van der Waals surface area contributed by atoms with Crippen molar-refractivity contribution in [2.45, 2.75) is 16.9 Å². The quantitative estimate of drug-likeness (QED) is 0.793. The van der Waals surface area contributed by atoms with E-state index in [2.05, 4.69) is 21.8 Å². The minimum Gasteiger partial charge on any atom is -0.387 e. The third kappa shape index (κ3) is 3.72. The van der Waals surface area contributed by atoms with Gasteiger partial charge in [0, 0.05) is 58.2 Å². The number of aromatic nitrogens is 1. The van der Waals surface area contributed by atoms with Crippen LogP contribution >= 0.6 is 0 Å². The Morgan fingerprint density at radius 1 is 1.26 bits per heavy atom. The van der Waals surface area contributed by atoms with Crippen molar-refractivity contribution in [3.05, 3.63) is 24.5 Å². The number of pyridine rings is 1. The summed E-state index contributed by atoms with van der Waals surface area (Å²) in [5.41, 5.74) is -0.967. The summed E-state index contributed by atoms with van der Waals surface area (Å²) in [6.45, 7) is 4.81. The Morgan fingerprint density at radius 2 is 2.00 bits per heavy atom. The number of rotatable bonds is 4. The third-order valence-corrected chi connectivity index (χ3v) is 6.51. The number of nitrogens with zero attached hydrogens (tertiary/aromatic N) is 4. The minimum atomic E-state index is -3.58. The van der Waals surface area contributed by atoms with Crippen molar-refractivity contribution in [1.29, 1.82) is 0 Å². The highest BCUT2D eigenvalue weighted by Gasteiger charge is 2.42. The molecular weight excluding hydrogens is 316 g/mol. The van der Waals surface area contributed by atoms with Crippen LogP contribution in [0.3, 0.4) is 0 Å². The van der Waals surface area contributed by atoms with Crippen molar-refractivity contribution in [2.24, 2.45) is 0 Å². The normalized spacial score (nSPS) is 28.3. The van der Waals surface area contributed by atoms with Gasteiger partial charge < -0.3 is 10.0 Å². The van der Waals surface area contributed by atoms with Crippen LogP contribution in [0.1, 0.15) is 6.42 Å². The van der Waals surface area contributed by atoms with Gasteiger partial charge >= 0.3 is 0 Å². The molecule has 0 aliphatic carbocycles. The molecule has 1 N–H and O–H groups in total. The van der Waals surface area contributed by atoms with Crippen LogP contribution < -0.4 is 0 Å². The Balaban J connectivity index is 1.65. The van der Waals surface area contributed by atoms with E-state index in [9.17, 15) is 13.5 Å². The minimum absolute atomic E-state index is 0.149. The van der Waals surface area contributed by atoms with Crippen LogP contribution in [0.15, 0.2) is 29.4 Å². The van der Waals surface area contributed by atoms with Gasteiger partial charge in [0.05, 0.1) is 5.60 Å². The van der Waals surface area contributed by atoms with Gasteiger partial charge in [0.15, 0.2) is 0 Å². The molecule has 2 saturated heterocycles. The first-order chi connectivity index (χ1) is 10.9. The van der Waals surface area contributed by atoms with Crippen LogP contribution in [0.25, 0.3) is 0 Å². The molecule has 2 fully saturated rings. The van der Waals surface area contributed by atoms with Crippen LogP contribution in [0.5, 0.6) is 0 Å². The van der Waals surface area contributed by atoms with Crippen molar-refractivity contribution >= 4 is 10.0 Å². The molecule has 7 nitrogen and oxygen atoms in total. The fourth-order valence-corrected chi connectivity index (χ4v) is 4.71. The van der Waals surface area contributed by atoms with Crippen LogP contribution in [0, 0.1) is 0 Å².